The van der Waals surface area contributed by atoms with Crippen molar-refractivity contribution < 1.29 is 18.4 Å². The van der Waals surface area contributed by atoms with Crippen LogP contribution in [0.25, 0.3) is 11.6 Å². The van der Waals surface area contributed by atoms with E-state index in [0.717, 1.165) is 18.5 Å². The molecule has 12 heteroatoms. The van der Waals surface area contributed by atoms with Crippen LogP contribution in [0.4, 0.5) is 4.39 Å². The molecular formula is C29H35ClFN7O3. The smallest absolute Gasteiger partial charge is 0.240 e. The van der Waals surface area contributed by atoms with E-state index in [1.165, 1.54) is 0 Å². The monoisotopic (exact) mass is 583 g/mol. The number of benzene rings is 1. The molecule has 0 amide bonds. The number of likely N-dealkylation sites (N-methyl/N-ethyl adjacent to an activating group) is 1. The third-order valence-corrected chi connectivity index (χ3v) is 8.19. The molecule has 2 aliphatic rings. The molecule has 2 aliphatic heterocycles. The number of rotatable bonds is 9. The second-order valence-electron chi connectivity index (χ2n) is 11.3. The number of nitrogens with zero attached hydrogens (tertiary/aromatic N) is 6. The van der Waals surface area contributed by atoms with Gasteiger partial charge in [-0.25, -0.2) is 4.39 Å². The zero-order chi connectivity index (χ0) is 29.1. The summed E-state index contributed by atoms with van der Waals surface area (Å²) >= 11 is 6.47. The van der Waals surface area contributed by atoms with Gasteiger partial charge in [0.05, 0.1) is 24.0 Å². The molecule has 2 fully saturated rings. The lowest BCUT2D eigenvalue weighted by Gasteiger charge is -2.29. The van der Waals surface area contributed by atoms with Crippen molar-refractivity contribution in [2.24, 2.45) is 0 Å². The van der Waals surface area contributed by atoms with E-state index in [9.17, 15) is 4.39 Å². The van der Waals surface area contributed by atoms with E-state index >= 15 is 0 Å². The normalized spacial score (nSPS) is 24.1. The van der Waals surface area contributed by atoms with Gasteiger partial charge in [0.1, 0.15) is 18.4 Å². The summed E-state index contributed by atoms with van der Waals surface area (Å²) in [6, 6.07) is 11.3. The molecule has 1 N–H and O–H groups in total. The number of halogens is 2. The molecule has 0 saturated carbocycles. The number of nitrogens with one attached hydrogen (secondary N) is 1. The Kier molecular flexibility index (Phi) is 8.73. The first-order valence-corrected chi connectivity index (χ1v) is 14.3. The van der Waals surface area contributed by atoms with E-state index in [-0.39, 0.29) is 41.8 Å². The number of alkyl halides is 1. The molecule has 2 aromatic heterocycles. The molecule has 3 aromatic rings. The molecule has 4 heterocycles. The van der Waals surface area contributed by atoms with E-state index in [1.54, 1.807) is 6.07 Å². The van der Waals surface area contributed by atoms with Crippen LogP contribution in [0.1, 0.15) is 57.9 Å². The predicted molar refractivity (Wildman–Crippen MR) is 151 cm³/mol. The Morgan fingerprint density at radius 2 is 2.00 bits per heavy atom. The summed E-state index contributed by atoms with van der Waals surface area (Å²) in [7, 11) is 1.89. The maximum absolute atomic E-state index is 14.1. The highest BCUT2D eigenvalue weighted by Gasteiger charge is 2.35. The van der Waals surface area contributed by atoms with Crippen molar-refractivity contribution in [2.45, 2.75) is 82.3 Å². The minimum atomic E-state index is -0.892. The van der Waals surface area contributed by atoms with Gasteiger partial charge in [0, 0.05) is 30.1 Å². The van der Waals surface area contributed by atoms with Crippen molar-refractivity contribution in [2.75, 3.05) is 20.1 Å². The molecule has 0 radical (unpaired) electrons. The van der Waals surface area contributed by atoms with Gasteiger partial charge in [0.2, 0.25) is 29.3 Å². The number of aromatic nitrogens is 4. The fraction of sp³-hybridized carbons (Fsp3) is 0.552. The van der Waals surface area contributed by atoms with Gasteiger partial charge in [0.25, 0.3) is 0 Å². The fourth-order valence-corrected chi connectivity index (χ4v) is 5.94. The van der Waals surface area contributed by atoms with Gasteiger partial charge in [-0.2, -0.15) is 20.2 Å². The fourth-order valence-electron chi connectivity index (χ4n) is 5.57. The van der Waals surface area contributed by atoms with Crippen molar-refractivity contribution in [1.82, 2.24) is 30.3 Å². The zero-order valence-corrected chi connectivity index (χ0v) is 24.4. The van der Waals surface area contributed by atoms with Gasteiger partial charge < -0.3 is 19.3 Å². The number of piperidine rings is 1. The van der Waals surface area contributed by atoms with Gasteiger partial charge in [0.15, 0.2) is 0 Å². The highest BCUT2D eigenvalue weighted by atomic mass is 35.5. The van der Waals surface area contributed by atoms with Crippen molar-refractivity contribution >= 4 is 11.6 Å². The molecule has 10 nitrogen and oxygen atoms in total. The van der Waals surface area contributed by atoms with E-state index in [2.05, 4.69) is 31.5 Å². The third-order valence-electron chi connectivity index (χ3n) is 7.86. The molecule has 0 spiro atoms. The summed E-state index contributed by atoms with van der Waals surface area (Å²) in [5.74, 6) is 1.29. The van der Waals surface area contributed by atoms with Crippen LogP contribution in [0, 0.1) is 11.3 Å². The molecule has 0 unspecified atom stereocenters. The van der Waals surface area contributed by atoms with E-state index < -0.39 is 11.6 Å². The quantitative estimate of drug-likeness (QED) is 0.378. The molecule has 1 aromatic carbocycles. The topological polar surface area (TPSA) is 122 Å². The van der Waals surface area contributed by atoms with Crippen molar-refractivity contribution in [3.63, 3.8) is 0 Å². The van der Waals surface area contributed by atoms with Crippen molar-refractivity contribution in [3.05, 3.63) is 46.8 Å². The third kappa shape index (κ3) is 6.61. The predicted octanol–water partition coefficient (Wildman–Crippen LogP) is 4.73. The van der Waals surface area contributed by atoms with Crippen LogP contribution in [0.5, 0.6) is 11.8 Å². The van der Waals surface area contributed by atoms with Crippen molar-refractivity contribution in [3.8, 4) is 29.5 Å². The highest BCUT2D eigenvalue weighted by Crippen LogP contribution is 2.36. The summed E-state index contributed by atoms with van der Waals surface area (Å²) in [6.07, 6.45) is 0.847. The van der Waals surface area contributed by atoms with Gasteiger partial charge in [-0.05, 0) is 58.8 Å². The molecule has 5 atom stereocenters. The summed E-state index contributed by atoms with van der Waals surface area (Å²) in [5.41, 5.74) is 0.171. The molecule has 218 valence electrons. The Morgan fingerprint density at radius 3 is 2.73 bits per heavy atom. The molecule has 0 bridgehead atoms. The second-order valence-corrected chi connectivity index (χ2v) is 11.7. The lowest BCUT2D eigenvalue weighted by molar-refractivity contribution is 0.113. The largest absolute Gasteiger partial charge is 0.474 e. The summed E-state index contributed by atoms with van der Waals surface area (Å²) in [5, 5.41) is 17.2. The van der Waals surface area contributed by atoms with Crippen LogP contribution in [-0.4, -0.2) is 75.6 Å². The zero-order valence-electron chi connectivity index (χ0n) is 23.7. The van der Waals surface area contributed by atoms with Crippen LogP contribution in [0.3, 0.4) is 0 Å². The van der Waals surface area contributed by atoms with Crippen LogP contribution in [0.2, 0.25) is 5.02 Å². The number of ether oxygens (including phenoxy) is 2. The van der Waals surface area contributed by atoms with Crippen LogP contribution in [0.15, 0.2) is 34.9 Å². The molecule has 41 heavy (non-hydrogen) atoms. The molecule has 0 aliphatic carbocycles. The maximum Gasteiger partial charge on any atom is 0.240 e. The Morgan fingerprint density at radius 1 is 1.22 bits per heavy atom. The van der Waals surface area contributed by atoms with Crippen LogP contribution < -0.4 is 14.8 Å². The average Bonchev–Trinajstić information content (AvgIpc) is 3.56. The van der Waals surface area contributed by atoms with Crippen molar-refractivity contribution in [1.29, 1.82) is 5.26 Å². The Bertz CT molecular complexity index is 1400. The van der Waals surface area contributed by atoms with Crippen LogP contribution >= 0.6 is 11.6 Å². The first-order valence-electron chi connectivity index (χ1n) is 13.9. The minimum Gasteiger partial charge on any atom is -0.474 e. The number of hydrogen-bond acceptors (Lipinski definition) is 10. The lowest BCUT2D eigenvalue weighted by Crippen LogP contribution is -2.42. The van der Waals surface area contributed by atoms with Gasteiger partial charge in [-0.3, -0.25) is 4.90 Å². The molecule has 5 rings (SSSR count). The summed E-state index contributed by atoms with van der Waals surface area (Å²) in [6.45, 7) is 6.91. The van der Waals surface area contributed by atoms with E-state index in [4.69, 9.17) is 30.9 Å². The number of likely N-dealkylation sites (tertiary alicyclic amines) is 1. The first kappa shape index (κ1) is 29.2. The van der Waals surface area contributed by atoms with E-state index in [1.807, 2.05) is 57.0 Å². The minimum absolute atomic E-state index is 0.0501. The Labute approximate surface area is 244 Å². The number of hydrogen-bond donors (Lipinski definition) is 1. The second kappa shape index (κ2) is 12.3. The Hall–Kier alpha value is -3.33. The molecular weight excluding hydrogens is 549 g/mol. The standard InChI is InChI=1S/C29H35ClFN7O3/c1-17(23-13-18(31)16-38(23)4)39-24-15-25(40-20-10-12-33-19(14-20)9-11-32)35-26(34-24)27-36-28(41-37-27)29(2,3)21-7-5-6-8-22(21)30/h5-8,15,17-20,23,33H,9-10,12-14,16H2,1-4H3/t17-,18+,19+,20-,23-/m0/s1. The summed E-state index contributed by atoms with van der Waals surface area (Å²) in [4.78, 5) is 15.8. The highest BCUT2D eigenvalue weighted by molar-refractivity contribution is 6.31. The SMILES string of the molecule is C[C@H](Oc1cc(O[C@H]2CCN[C@H](CC#N)C2)nc(-c2noc(C(C)(C)c3ccccc3Cl)n2)n1)[C@@H]1C[C@@H](F)CN1C. The van der Waals surface area contributed by atoms with E-state index in [0.29, 0.717) is 42.6 Å². The molecule has 2 saturated heterocycles. The van der Waals surface area contributed by atoms with Gasteiger partial charge in [-0.15, -0.1) is 0 Å². The van der Waals surface area contributed by atoms with Crippen LogP contribution in [-0.2, 0) is 5.41 Å². The van der Waals surface area contributed by atoms with Gasteiger partial charge >= 0.3 is 0 Å². The summed E-state index contributed by atoms with van der Waals surface area (Å²) < 4.78 is 32.3. The van der Waals surface area contributed by atoms with Gasteiger partial charge in [-0.1, -0.05) is 35.0 Å². The average molecular weight is 584 g/mol. The number of nitriles is 1. The Balaban J connectivity index is 1.44. The maximum atomic E-state index is 14.1. The lowest BCUT2D eigenvalue weighted by atomic mass is 9.84. The first-order chi connectivity index (χ1) is 19.6.